The summed E-state index contributed by atoms with van der Waals surface area (Å²) in [5.41, 5.74) is 7.13. The fourth-order valence-corrected chi connectivity index (χ4v) is 2.87. The molecule has 0 spiro atoms. The van der Waals surface area contributed by atoms with Gasteiger partial charge in [-0.15, -0.1) is 0 Å². The van der Waals surface area contributed by atoms with Crippen molar-refractivity contribution in [2.45, 2.75) is 24.9 Å². The Balaban J connectivity index is 2.39. The zero-order chi connectivity index (χ0) is 21.4. The van der Waals surface area contributed by atoms with Gasteiger partial charge >= 0.3 is 0 Å². The largest absolute Gasteiger partial charge is 0.507 e. The topological polar surface area (TPSA) is 166 Å². The number of carbonyl (C=O) groups is 3. The molecule has 29 heavy (non-hydrogen) atoms. The lowest BCUT2D eigenvalue weighted by atomic mass is 9.95. The molecule has 0 saturated carbocycles. The fraction of sp³-hybridized carbons (Fsp3) is 0.200. The number of phenols is 2. The first-order valence-corrected chi connectivity index (χ1v) is 8.62. The van der Waals surface area contributed by atoms with E-state index in [0.717, 1.165) is 0 Å². The van der Waals surface area contributed by atoms with E-state index in [1.807, 2.05) is 6.07 Å². The first-order chi connectivity index (χ1) is 13.9. The quantitative estimate of drug-likeness (QED) is 0.357. The smallest absolute Gasteiger partial charge is 0.240 e. The number of carbonyl (C=O) groups excluding carboxylic acids is 3. The Bertz CT molecular complexity index is 954. The van der Waals surface area contributed by atoms with E-state index in [4.69, 9.17) is 11.0 Å². The van der Waals surface area contributed by atoms with Crippen LogP contribution < -0.4 is 16.4 Å². The van der Waals surface area contributed by atoms with Gasteiger partial charge in [-0.3, -0.25) is 14.4 Å². The molecule has 2 aromatic carbocycles. The molecule has 6 N–H and O–H groups in total. The molecule has 0 unspecified atom stereocenters. The van der Waals surface area contributed by atoms with Crippen LogP contribution in [0.1, 0.15) is 11.1 Å². The highest BCUT2D eigenvalue weighted by molar-refractivity contribution is 5.82. The third-order valence-electron chi connectivity index (χ3n) is 4.33. The second-order valence-electron chi connectivity index (χ2n) is 6.32. The van der Waals surface area contributed by atoms with E-state index < -0.39 is 18.0 Å². The number of nitrogens with one attached hydrogen (secondary N) is 2. The molecule has 2 aromatic rings. The minimum atomic E-state index is -0.921. The minimum Gasteiger partial charge on any atom is -0.507 e. The fourth-order valence-electron chi connectivity index (χ4n) is 2.87. The van der Waals surface area contributed by atoms with Crippen LogP contribution in [0.25, 0.3) is 11.1 Å². The molecule has 0 aromatic heterocycles. The average Bonchev–Trinajstić information content (AvgIpc) is 2.70. The van der Waals surface area contributed by atoms with Crippen molar-refractivity contribution in [1.29, 1.82) is 5.26 Å². The maximum atomic E-state index is 11.5. The number of nitrogens with two attached hydrogens (primary N) is 1. The van der Waals surface area contributed by atoms with Crippen LogP contribution in [-0.2, 0) is 27.2 Å². The summed E-state index contributed by atoms with van der Waals surface area (Å²) in [5.74, 6) is -0.916. The second-order valence-corrected chi connectivity index (χ2v) is 6.32. The Morgan fingerprint density at radius 3 is 1.97 bits per heavy atom. The Labute approximate surface area is 166 Å². The molecule has 9 nitrogen and oxygen atoms in total. The number of amides is 3. The molecule has 2 atom stereocenters. The molecule has 0 bridgehead atoms. The normalized spacial score (nSPS) is 12.2. The van der Waals surface area contributed by atoms with Gasteiger partial charge in [0.1, 0.15) is 23.6 Å². The number of nitriles is 1. The number of benzene rings is 2. The summed E-state index contributed by atoms with van der Waals surface area (Å²) in [4.78, 5) is 32.7. The van der Waals surface area contributed by atoms with Gasteiger partial charge in [0.15, 0.2) is 0 Å². The number of phenolic OH excluding ortho intramolecular Hbond substituents is 2. The van der Waals surface area contributed by atoms with Crippen LogP contribution in [0.4, 0.5) is 0 Å². The Morgan fingerprint density at radius 1 is 1.00 bits per heavy atom. The van der Waals surface area contributed by atoms with Gasteiger partial charge in [0.25, 0.3) is 0 Å². The SMILES string of the molecule is N#C[C@H](Cc1ccc(O)c(-c2cc(C[C@H](NC=O)C(N)=O)ccc2O)c1)NC=O. The van der Waals surface area contributed by atoms with Crippen molar-refractivity contribution < 1.29 is 24.6 Å². The first kappa shape index (κ1) is 21.2. The predicted molar refractivity (Wildman–Crippen MR) is 103 cm³/mol. The molecular formula is C20H20N4O5. The molecule has 3 amide bonds. The molecule has 0 aliphatic carbocycles. The summed E-state index contributed by atoms with van der Waals surface area (Å²) in [7, 11) is 0. The van der Waals surface area contributed by atoms with E-state index in [2.05, 4.69) is 10.6 Å². The van der Waals surface area contributed by atoms with Crippen LogP contribution in [-0.4, -0.2) is 41.0 Å². The highest BCUT2D eigenvalue weighted by Gasteiger charge is 2.17. The zero-order valence-electron chi connectivity index (χ0n) is 15.3. The molecule has 9 heteroatoms. The van der Waals surface area contributed by atoms with Crippen molar-refractivity contribution in [1.82, 2.24) is 10.6 Å². The Morgan fingerprint density at radius 2 is 1.52 bits per heavy atom. The summed E-state index contributed by atoms with van der Waals surface area (Å²) in [6, 6.07) is 9.47. The number of primary amides is 1. The second kappa shape index (κ2) is 9.75. The highest BCUT2D eigenvalue weighted by atomic mass is 16.3. The highest BCUT2D eigenvalue weighted by Crippen LogP contribution is 2.37. The van der Waals surface area contributed by atoms with Gasteiger partial charge in [-0.05, 0) is 35.4 Å². The summed E-state index contributed by atoms with van der Waals surface area (Å²) in [6.45, 7) is 0. The lowest BCUT2D eigenvalue weighted by Crippen LogP contribution is -2.42. The van der Waals surface area contributed by atoms with Crippen molar-refractivity contribution in [2.24, 2.45) is 5.73 Å². The van der Waals surface area contributed by atoms with Gasteiger partial charge in [0.2, 0.25) is 18.7 Å². The van der Waals surface area contributed by atoms with Crippen LogP contribution in [0.3, 0.4) is 0 Å². The van der Waals surface area contributed by atoms with Crippen LogP contribution in [0.2, 0.25) is 0 Å². The summed E-state index contributed by atoms with van der Waals surface area (Å²) in [5, 5.41) is 34.4. The van der Waals surface area contributed by atoms with E-state index in [9.17, 15) is 24.6 Å². The van der Waals surface area contributed by atoms with Crippen LogP contribution in [0, 0.1) is 11.3 Å². The predicted octanol–water partition coefficient (Wildman–Crippen LogP) is 0.0879. The van der Waals surface area contributed by atoms with Crippen molar-refractivity contribution in [3.63, 3.8) is 0 Å². The summed E-state index contributed by atoms with van der Waals surface area (Å²) >= 11 is 0. The summed E-state index contributed by atoms with van der Waals surface area (Å²) in [6.07, 6.45) is 1.12. The number of nitrogens with zero attached hydrogens (tertiary/aromatic N) is 1. The molecule has 0 aliphatic heterocycles. The van der Waals surface area contributed by atoms with Crippen molar-refractivity contribution in [3.05, 3.63) is 47.5 Å². The van der Waals surface area contributed by atoms with Crippen LogP contribution >= 0.6 is 0 Å². The molecule has 0 aliphatic rings. The van der Waals surface area contributed by atoms with Gasteiger partial charge in [0, 0.05) is 24.0 Å². The van der Waals surface area contributed by atoms with Gasteiger partial charge in [-0.1, -0.05) is 12.1 Å². The number of rotatable bonds is 10. The molecule has 0 fully saturated rings. The third-order valence-corrected chi connectivity index (χ3v) is 4.33. The van der Waals surface area contributed by atoms with E-state index in [0.29, 0.717) is 35.1 Å². The lowest BCUT2D eigenvalue weighted by Gasteiger charge is -2.15. The van der Waals surface area contributed by atoms with Gasteiger partial charge < -0.3 is 26.6 Å². The third kappa shape index (κ3) is 5.46. The standard InChI is InChI=1S/C20H20N4O5/c21-9-14(23-10-25)5-12-1-3-18(27)15(6-12)16-7-13(2-4-19(16)28)8-17(20(22)29)24-11-26/h1-4,6-7,10-11,14,17,27-28H,5,8H2,(H2,22,29)(H,23,25)(H,24,26)/t14-,17-/m0/s1. The maximum Gasteiger partial charge on any atom is 0.240 e. The van der Waals surface area contributed by atoms with Crippen LogP contribution in [0.15, 0.2) is 36.4 Å². The van der Waals surface area contributed by atoms with Gasteiger partial charge in [-0.2, -0.15) is 5.26 Å². The van der Waals surface area contributed by atoms with Crippen LogP contribution in [0.5, 0.6) is 11.5 Å². The monoisotopic (exact) mass is 396 g/mol. The summed E-state index contributed by atoms with van der Waals surface area (Å²) < 4.78 is 0. The van der Waals surface area contributed by atoms with Crippen molar-refractivity contribution >= 4 is 18.7 Å². The Hall–Kier alpha value is -4.06. The number of hydrogen-bond acceptors (Lipinski definition) is 6. The maximum absolute atomic E-state index is 11.5. The van der Waals surface area contributed by atoms with Gasteiger partial charge in [0.05, 0.1) is 6.07 Å². The first-order valence-electron chi connectivity index (χ1n) is 8.62. The average molecular weight is 396 g/mol. The number of aromatic hydroxyl groups is 2. The van der Waals surface area contributed by atoms with Crippen molar-refractivity contribution in [2.75, 3.05) is 0 Å². The molecule has 0 heterocycles. The van der Waals surface area contributed by atoms with E-state index in [1.54, 1.807) is 24.3 Å². The van der Waals surface area contributed by atoms with E-state index in [-0.39, 0.29) is 24.3 Å². The molecule has 150 valence electrons. The molecule has 2 rings (SSSR count). The van der Waals surface area contributed by atoms with E-state index >= 15 is 0 Å². The van der Waals surface area contributed by atoms with Crippen molar-refractivity contribution in [3.8, 4) is 28.7 Å². The number of hydrogen-bond donors (Lipinski definition) is 5. The minimum absolute atomic E-state index is 0.0988. The molecule has 0 radical (unpaired) electrons. The molecule has 0 saturated heterocycles. The van der Waals surface area contributed by atoms with Gasteiger partial charge in [-0.25, -0.2) is 0 Å². The van der Waals surface area contributed by atoms with E-state index in [1.165, 1.54) is 12.1 Å². The zero-order valence-corrected chi connectivity index (χ0v) is 15.3. The lowest BCUT2D eigenvalue weighted by molar-refractivity contribution is -0.122. The molecular weight excluding hydrogens is 376 g/mol. The Kier molecular flexibility index (Phi) is 7.14.